The van der Waals surface area contributed by atoms with E-state index in [-0.39, 0.29) is 19.3 Å². The number of rotatable bonds is 4. The highest BCUT2D eigenvalue weighted by molar-refractivity contribution is 5.66. The Labute approximate surface area is 80.2 Å². The van der Waals surface area contributed by atoms with Crippen molar-refractivity contribution in [1.82, 2.24) is 5.01 Å². The van der Waals surface area contributed by atoms with Crippen molar-refractivity contribution in [3.05, 3.63) is 0 Å². The maximum Gasteiger partial charge on any atom is 0.303 e. The zero-order chi connectivity index (χ0) is 10.8. The highest BCUT2D eigenvalue weighted by Crippen LogP contribution is 2.33. The first kappa shape index (κ1) is 10.9. The predicted molar refractivity (Wildman–Crippen MR) is 46.5 cm³/mol. The van der Waals surface area contributed by atoms with E-state index >= 15 is 0 Å². The fraction of sp³-hybridized carbons (Fsp3) is 0.750. The van der Waals surface area contributed by atoms with Gasteiger partial charge in [0.25, 0.3) is 5.92 Å². The number of halogens is 2. The van der Waals surface area contributed by atoms with E-state index in [2.05, 4.69) is 11.8 Å². The highest BCUT2D eigenvalue weighted by atomic mass is 19.3. The molecule has 1 aliphatic rings. The van der Waals surface area contributed by atoms with Gasteiger partial charge in [-0.2, -0.15) is 5.10 Å². The number of nitrogens with zero attached hydrogens (tertiary/aromatic N) is 2. The van der Waals surface area contributed by atoms with Gasteiger partial charge in [-0.05, 0) is 6.42 Å². The molecule has 1 N–H and O–H groups in total. The predicted octanol–water partition coefficient (Wildman–Crippen LogP) is 1.18. The number of hydrazone groups is 1. The maximum absolute atomic E-state index is 12.9. The van der Waals surface area contributed by atoms with Gasteiger partial charge in [0.2, 0.25) is 0 Å². The lowest BCUT2D eigenvalue weighted by atomic mass is 10.1. The molecule has 1 atom stereocenters. The van der Waals surface area contributed by atoms with Gasteiger partial charge in [-0.1, -0.05) is 0 Å². The summed E-state index contributed by atoms with van der Waals surface area (Å²) in [5.74, 6) is -3.76. The van der Waals surface area contributed by atoms with Gasteiger partial charge < -0.3 is 5.11 Å². The van der Waals surface area contributed by atoms with Crippen molar-refractivity contribution in [3.63, 3.8) is 0 Å². The molecular formula is C8H12F2N2O2. The van der Waals surface area contributed by atoms with Gasteiger partial charge in [-0.15, -0.1) is 0 Å². The molecule has 0 bridgehead atoms. The summed E-state index contributed by atoms with van der Waals surface area (Å²) >= 11 is 0. The molecule has 0 aromatic heterocycles. The number of hydrogen-bond donors (Lipinski definition) is 1. The number of aliphatic carboxylic acids is 1. The van der Waals surface area contributed by atoms with E-state index in [0.717, 1.165) is 0 Å². The summed E-state index contributed by atoms with van der Waals surface area (Å²) in [5.41, 5.74) is 0. The van der Waals surface area contributed by atoms with Crippen molar-refractivity contribution in [2.75, 3.05) is 6.54 Å². The Morgan fingerprint density at radius 3 is 2.86 bits per heavy atom. The van der Waals surface area contributed by atoms with Gasteiger partial charge >= 0.3 is 5.97 Å². The molecule has 6 heteroatoms. The van der Waals surface area contributed by atoms with Crippen LogP contribution in [0.2, 0.25) is 0 Å². The Kier molecular flexibility index (Phi) is 3.03. The van der Waals surface area contributed by atoms with Crippen LogP contribution in [0.4, 0.5) is 8.78 Å². The Bertz CT molecular complexity index is 245. The van der Waals surface area contributed by atoms with E-state index in [4.69, 9.17) is 5.11 Å². The van der Waals surface area contributed by atoms with Crippen LogP contribution in [0.5, 0.6) is 0 Å². The Morgan fingerprint density at radius 1 is 1.71 bits per heavy atom. The molecule has 14 heavy (non-hydrogen) atoms. The Morgan fingerprint density at radius 2 is 2.36 bits per heavy atom. The van der Waals surface area contributed by atoms with Crippen LogP contribution in [0.1, 0.15) is 19.3 Å². The van der Waals surface area contributed by atoms with Crippen LogP contribution in [0.25, 0.3) is 0 Å². The summed E-state index contributed by atoms with van der Waals surface area (Å²) in [6.07, 6.45) is -0.268. The van der Waals surface area contributed by atoms with Crippen molar-refractivity contribution < 1.29 is 18.7 Å². The zero-order valence-electron chi connectivity index (χ0n) is 7.62. The van der Waals surface area contributed by atoms with E-state index in [9.17, 15) is 13.6 Å². The molecule has 0 saturated carbocycles. The molecule has 1 heterocycles. The lowest BCUT2D eigenvalue weighted by Gasteiger charge is -2.18. The maximum atomic E-state index is 12.9. The largest absolute Gasteiger partial charge is 0.481 e. The average Bonchev–Trinajstić information content (AvgIpc) is 2.37. The molecule has 0 spiro atoms. The standard InChI is InChI=1S/C8H12F2N2O2/c1-11-12-5-8(9,10)4-6(12)2-3-7(13)14/h6H,1-5H2,(H,13,14)/t6-/m1/s1. The van der Waals surface area contributed by atoms with Crippen LogP contribution < -0.4 is 0 Å². The normalized spacial score (nSPS) is 25.0. The molecule has 4 nitrogen and oxygen atoms in total. The molecule has 0 radical (unpaired) electrons. The molecule has 0 aromatic carbocycles. The molecule has 1 saturated heterocycles. The van der Waals surface area contributed by atoms with E-state index in [1.807, 2.05) is 0 Å². The minimum absolute atomic E-state index is 0.118. The highest BCUT2D eigenvalue weighted by Gasteiger charge is 2.44. The van der Waals surface area contributed by atoms with Gasteiger partial charge in [0.05, 0.1) is 6.04 Å². The number of carboxylic acids is 1. The molecular weight excluding hydrogens is 194 g/mol. The summed E-state index contributed by atoms with van der Waals surface area (Å²) in [6.45, 7) is 2.72. The molecule has 0 unspecified atom stereocenters. The topological polar surface area (TPSA) is 52.9 Å². The first-order valence-electron chi connectivity index (χ1n) is 4.27. The summed E-state index contributed by atoms with van der Waals surface area (Å²) in [5, 5.41) is 13.0. The smallest absolute Gasteiger partial charge is 0.303 e. The van der Waals surface area contributed by atoms with Crippen molar-refractivity contribution in [2.45, 2.75) is 31.2 Å². The first-order valence-corrected chi connectivity index (χ1v) is 4.27. The SMILES string of the molecule is C=NN1CC(F)(F)C[C@H]1CCC(=O)O. The number of carboxylic acid groups (broad SMARTS) is 1. The van der Waals surface area contributed by atoms with Crippen LogP contribution >= 0.6 is 0 Å². The van der Waals surface area contributed by atoms with Gasteiger partial charge in [0.15, 0.2) is 0 Å². The molecule has 0 aliphatic carbocycles. The van der Waals surface area contributed by atoms with Crippen LogP contribution in [-0.2, 0) is 4.79 Å². The monoisotopic (exact) mass is 206 g/mol. The number of hydrogen-bond acceptors (Lipinski definition) is 3. The molecule has 1 aliphatic heterocycles. The average molecular weight is 206 g/mol. The summed E-state index contributed by atoms with van der Waals surface area (Å²) in [7, 11) is 0. The molecule has 1 fully saturated rings. The van der Waals surface area contributed by atoms with E-state index < -0.39 is 24.5 Å². The third-order valence-corrected chi connectivity index (χ3v) is 2.22. The van der Waals surface area contributed by atoms with Gasteiger partial charge in [0.1, 0.15) is 6.54 Å². The second-order valence-corrected chi connectivity index (χ2v) is 3.39. The number of alkyl halides is 2. The van der Waals surface area contributed by atoms with Crippen LogP contribution in [0.3, 0.4) is 0 Å². The second-order valence-electron chi connectivity index (χ2n) is 3.39. The summed E-state index contributed by atoms with van der Waals surface area (Å²) < 4.78 is 25.8. The Hall–Kier alpha value is -1.20. The van der Waals surface area contributed by atoms with E-state index in [0.29, 0.717) is 0 Å². The van der Waals surface area contributed by atoms with Gasteiger partial charge in [-0.25, -0.2) is 8.78 Å². The van der Waals surface area contributed by atoms with Crippen molar-refractivity contribution in [3.8, 4) is 0 Å². The molecule has 0 amide bonds. The molecule has 1 rings (SSSR count). The minimum atomic E-state index is -2.77. The van der Waals surface area contributed by atoms with Gasteiger partial charge in [-0.3, -0.25) is 9.80 Å². The first-order chi connectivity index (χ1) is 6.44. The summed E-state index contributed by atoms with van der Waals surface area (Å²) in [6, 6.07) is -0.501. The summed E-state index contributed by atoms with van der Waals surface area (Å²) in [4.78, 5) is 10.3. The van der Waals surface area contributed by atoms with Crippen LogP contribution in [-0.4, -0.2) is 41.3 Å². The van der Waals surface area contributed by atoms with E-state index in [1.165, 1.54) is 5.01 Å². The van der Waals surface area contributed by atoms with Crippen molar-refractivity contribution in [1.29, 1.82) is 0 Å². The molecule has 0 aromatic rings. The third-order valence-electron chi connectivity index (χ3n) is 2.22. The van der Waals surface area contributed by atoms with Gasteiger partial charge in [0, 0.05) is 19.6 Å². The lowest BCUT2D eigenvalue weighted by molar-refractivity contribution is -0.137. The quantitative estimate of drug-likeness (QED) is 0.702. The van der Waals surface area contributed by atoms with Crippen molar-refractivity contribution in [2.24, 2.45) is 5.10 Å². The lowest BCUT2D eigenvalue weighted by Crippen LogP contribution is -2.25. The fourth-order valence-corrected chi connectivity index (χ4v) is 1.59. The van der Waals surface area contributed by atoms with Crippen LogP contribution in [0.15, 0.2) is 5.10 Å². The second kappa shape index (κ2) is 3.89. The minimum Gasteiger partial charge on any atom is -0.481 e. The third kappa shape index (κ3) is 2.65. The zero-order valence-corrected chi connectivity index (χ0v) is 7.62. The fourth-order valence-electron chi connectivity index (χ4n) is 1.59. The Balaban J connectivity index is 2.51. The van der Waals surface area contributed by atoms with E-state index in [1.54, 1.807) is 0 Å². The van der Waals surface area contributed by atoms with Crippen molar-refractivity contribution >= 4 is 12.7 Å². The molecule has 80 valence electrons. The van der Waals surface area contributed by atoms with Crippen LogP contribution in [0, 0.1) is 0 Å². The number of carbonyl (C=O) groups is 1.